The van der Waals surface area contributed by atoms with E-state index in [1.807, 2.05) is 0 Å². The molecule has 2 nitrogen and oxygen atoms in total. The molecule has 0 fully saturated rings. The summed E-state index contributed by atoms with van der Waals surface area (Å²) in [6.07, 6.45) is -5.03. The van der Waals surface area contributed by atoms with Crippen LogP contribution >= 0.6 is 0 Å². The molecule has 0 heterocycles. The lowest BCUT2D eigenvalue weighted by molar-refractivity contribution is 0.159. The van der Waals surface area contributed by atoms with E-state index in [4.69, 9.17) is 9.47 Å². The average Bonchev–Trinajstić information content (AvgIpc) is 2.82. The molecular weight excluding hydrogens is 458 g/mol. The number of hydrogen-bond donors (Lipinski definition) is 0. The highest BCUT2D eigenvalue weighted by Gasteiger charge is 2.39. The molecule has 1 aliphatic carbocycles. The van der Waals surface area contributed by atoms with Crippen molar-refractivity contribution in [3.8, 4) is 22.6 Å². The van der Waals surface area contributed by atoms with E-state index >= 15 is 8.78 Å². The van der Waals surface area contributed by atoms with Crippen molar-refractivity contribution in [3.63, 3.8) is 0 Å². The fourth-order valence-electron chi connectivity index (χ4n) is 4.27. The maximum Gasteiger partial charge on any atom is 0.200 e. The van der Waals surface area contributed by atoms with Crippen LogP contribution in [0.4, 0.5) is 26.3 Å². The Morgan fingerprint density at radius 2 is 1.03 bits per heavy atom. The van der Waals surface area contributed by atoms with E-state index in [1.54, 1.807) is 13.8 Å². The lowest BCUT2D eigenvalue weighted by Crippen LogP contribution is -2.17. The van der Waals surface area contributed by atoms with Crippen LogP contribution < -0.4 is 9.47 Å². The predicted octanol–water partition coefficient (Wildman–Crippen LogP) is 7.53. The molecule has 0 bridgehead atoms. The molecule has 2 unspecified atom stereocenters. The topological polar surface area (TPSA) is 18.5 Å². The van der Waals surface area contributed by atoms with Gasteiger partial charge in [-0.3, -0.25) is 0 Å². The summed E-state index contributed by atoms with van der Waals surface area (Å²) in [6.45, 7) is 3.56. The van der Waals surface area contributed by atoms with E-state index in [0.717, 1.165) is 0 Å². The molecule has 2 atom stereocenters. The minimum atomic E-state index is -2.44. The van der Waals surface area contributed by atoms with Crippen LogP contribution in [0.5, 0.6) is 11.5 Å². The van der Waals surface area contributed by atoms with Gasteiger partial charge in [-0.25, -0.2) is 22.0 Å². The van der Waals surface area contributed by atoms with E-state index in [2.05, 4.69) is 0 Å². The van der Waals surface area contributed by atoms with Crippen molar-refractivity contribution < 1.29 is 35.8 Å². The van der Waals surface area contributed by atoms with Gasteiger partial charge in [0.1, 0.15) is 5.82 Å². The zero-order valence-electron chi connectivity index (χ0n) is 18.5. The molecule has 0 saturated carbocycles. The molecule has 0 saturated heterocycles. The van der Waals surface area contributed by atoms with Gasteiger partial charge < -0.3 is 9.47 Å². The molecule has 34 heavy (non-hydrogen) atoms. The smallest absolute Gasteiger partial charge is 0.200 e. The summed E-state index contributed by atoms with van der Waals surface area (Å²) in [6, 6.07) is 8.04. The predicted molar refractivity (Wildman–Crippen MR) is 116 cm³/mol. The summed E-state index contributed by atoms with van der Waals surface area (Å²) in [5, 5.41) is 0. The van der Waals surface area contributed by atoms with Crippen LogP contribution in [0, 0.1) is 23.3 Å². The molecule has 0 radical (unpaired) electrons. The van der Waals surface area contributed by atoms with Crippen molar-refractivity contribution in [2.75, 3.05) is 13.2 Å². The first-order valence-electron chi connectivity index (χ1n) is 10.9. The third-order valence-electron chi connectivity index (χ3n) is 5.89. The van der Waals surface area contributed by atoms with Gasteiger partial charge in [0, 0.05) is 11.1 Å². The number of benzene rings is 3. The minimum absolute atomic E-state index is 0.00545. The van der Waals surface area contributed by atoms with Gasteiger partial charge in [0.25, 0.3) is 0 Å². The Morgan fingerprint density at radius 1 is 0.588 bits per heavy atom. The van der Waals surface area contributed by atoms with Gasteiger partial charge >= 0.3 is 0 Å². The Morgan fingerprint density at radius 3 is 1.62 bits per heavy atom. The summed E-state index contributed by atoms with van der Waals surface area (Å²) < 4.78 is 98.7. The van der Waals surface area contributed by atoms with E-state index in [0.29, 0.717) is 0 Å². The monoisotopic (exact) mass is 480 g/mol. The number of ether oxygens (including phenoxy) is 2. The molecule has 0 amide bonds. The van der Waals surface area contributed by atoms with Crippen molar-refractivity contribution in [1.82, 2.24) is 0 Å². The molecule has 3 aromatic carbocycles. The second kappa shape index (κ2) is 9.60. The Hall–Kier alpha value is -3.16. The van der Waals surface area contributed by atoms with Crippen LogP contribution in [0.25, 0.3) is 11.1 Å². The van der Waals surface area contributed by atoms with E-state index in [1.165, 1.54) is 36.4 Å². The summed E-state index contributed by atoms with van der Waals surface area (Å²) in [5.41, 5.74) is -0.934. The van der Waals surface area contributed by atoms with Gasteiger partial charge in [-0.05, 0) is 61.1 Å². The van der Waals surface area contributed by atoms with Crippen LogP contribution in [0.1, 0.15) is 48.4 Å². The zero-order valence-corrected chi connectivity index (χ0v) is 18.5. The number of aryl methyl sites for hydroxylation is 2. The molecular formula is C26H22F6O2. The van der Waals surface area contributed by atoms with Crippen molar-refractivity contribution in [3.05, 3.63) is 81.9 Å². The Kier molecular flexibility index (Phi) is 6.77. The zero-order chi connectivity index (χ0) is 24.6. The van der Waals surface area contributed by atoms with Gasteiger partial charge in [0.15, 0.2) is 35.5 Å². The van der Waals surface area contributed by atoms with Crippen LogP contribution in [0.3, 0.4) is 0 Å². The Bertz CT molecular complexity index is 1230. The standard InChI is InChI=1S/C26H22F6O2/c1-3-33-17-12-10-16-15-9-7-13(21(27)19(15)25(31)26(32)20(16)23(17)29)5-6-14-8-11-18(34-4-2)24(30)22(14)28/h7-12,25-26H,3-6H2,1-2H3. The minimum Gasteiger partial charge on any atom is -0.491 e. The number of halogens is 6. The summed E-state index contributed by atoms with van der Waals surface area (Å²) in [7, 11) is 0. The number of rotatable bonds is 7. The molecule has 3 aromatic rings. The Balaban J connectivity index is 1.68. The third kappa shape index (κ3) is 3.99. The number of alkyl halides is 2. The van der Waals surface area contributed by atoms with E-state index < -0.39 is 46.7 Å². The SMILES string of the molecule is CCOc1ccc(CCc2ccc3c(c2F)C(F)C(F)c2c-3ccc(OCC)c2F)c(F)c1F. The maximum atomic E-state index is 15.3. The fourth-order valence-corrected chi connectivity index (χ4v) is 4.27. The van der Waals surface area contributed by atoms with Crippen molar-refractivity contribution in [2.24, 2.45) is 0 Å². The lowest BCUT2D eigenvalue weighted by atomic mass is 9.81. The van der Waals surface area contributed by atoms with Crippen LogP contribution in [0.15, 0.2) is 36.4 Å². The summed E-state index contributed by atoms with van der Waals surface area (Å²) >= 11 is 0. The van der Waals surface area contributed by atoms with Gasteiger partial charge in [-0.15, -0.1) is 0 Å². The van der Waals surface area contributed by atoms with Gasteiger partial charge in [-0.1, -0.05) is 24.3 Å². The first-order valence-corrected chi connectivity index (χ1v) is 10.9. The molecule has 0 N–H and O–H groups in total. The van der Waals surface area contributed by atoms with E-state index in [-0.39, 0.29) is 59.8 Å². The molecule has 0 spiro atoms. The third-order valence-corrected chi connectivity index (χ3v) is 5.89. The van der Waals surface area contributed by atoms with E-state index in [9.17, 15) is 17.6 Å². The lowest BCUT2D eigenvalue weighted by Gasteiger charge is -2.28. The molecule has 0 aromatic heterocycles. The van der Waals surface area contributed by atoms with Crippen LogP contribution in [-0.2, 0) is 12.8 Å². The van der Waals surface area contributed by atoms with Gasteiger partial charge in [-0.2, -0.15) is 4.39 Å². The molecule has 0 aliphatic heterocycles. The van der Waals surface area contributed by atoms with Gasteiger partial charge in [0.2, 0.25) is 5.82 Å². The summed E-state index contributed by atoms with van der Waals surface area (Å²) in [5.74, 6) is -4.68. The average molecular weight is 480 g/mol. The second-order valence-corrected chi connectivity index (χ2v) is 7.86. The number of fused-ring (bicyclic) bond motifs is 3. The first-order chi connectivity index (χ1) is 16.3. The normalized spacial score (nSPS) is 16.7. The largest absolute Gasteiger partial charge is 0.491 e. The highest BCUT2D eigenvalue weighted by molar-refractivity contribution is 5.76. The van der Waals surface area contributed by atoms with Gasteiger partial charge in [0.05, 0.1) is 13.2 Å². The van der Waals surface area contributed by atoms with Crippen molar-refractivity contribution in [2.45, 2.75) is 39.0 Å². The van der Waals surface area contributed by atoms with Crippen molar-refractivity contribution in [1.29, 1.82) is 0 Å². The highest BCUT2D eigenvalue weighted by atomic mass is 19.2. The molecule has 4 rings (SSSR count). The molecule has 1 aliphatic rings. The number of hydrogen-bond acceptors (Lipinski definition) is 2. The first kappa shape index (κ1) is 24.0. The fraction of sp³-hybridized carbons (Fsp3) is 0.308. The quantitative estimate of drug-likeness (QED) is 0.326. The van der Waals surface area contributed by atoms with Crippen LogP contribution in [-0.4, -0.2) is 13.2 Å². The maximum absolute atomic E-state index is 15.3. The summed E-state index contributed by atoms with van der Waals surface area (Å²) in [4.78, 5) is 0. The van der Waals surface area contributed by atoms with Crippen LogP contribution in [0.2, 0.25) is 0 Å². The second-order valence-electron chi connectivity index (χ2n) is 7.86. The highest BCUT2D eigenvalue weighted by Crippen LogP contribution is 2.51. The molecule has 180 valence electrons. The van der Waals surface area contributed by atoms with Crippen molar-refractivity contribution >= 4 is 0 Å². The molecule has 8 heteroatoms. The Labute approximate surface area is 193 Å².